The van der Waals surface area contributed by atoms with E-state index < -0.39 is 0 Å². The van der Waals surface area contributed by atoms with E-state index >= 15 is 0 Å². The van der Waals surface area contributed by atoms with Gasteiger partial charge in [0.25, 0.3) is 5.89 Å². The standard InChI is InChI=1S/C13H18N4O2/c1-4-12-16-13(19-17-12)8-18-11-6-5-9(2)15-10(11)7-14-3/h5-6,14H,4,7-8H2,1-3H3. The van der Waals surface area contributed by atoms with Gasteiger partial charge in [0.1, 0.15) is 5.75 Å². The number of nitrogens with zero attached hydrogens (tertiary/aromatic N) is 3. The lowest BCUT2D eigenvalue weighted by Gasteiger charge is -2.09. The first-order valence-corrected chi connectivity index (χ1v) is 6.28. The van der Waals surface area contributed by atoms with E-state index in [4.69, 9.17) is 9.26 Å². The minimum atomic E-state index is 0.258. The van der Waals surface area contributed by atoms with E-state index in [0.717, 1.165) is 23.6 Å². The molecule has 102 valence electrons. The van der Waals surface area contributed by atoms with Crippen LogP contribution in [0.1, 0.15) is 30.0 Å². The second kappa shape index (κ2) is 6.29. The average Bonchev–Trinajstić information content (AvgIpc) is 2.86. The predicted octanol–water partition coefficient (Wildman–Crippen LogP) is 1.63. The first kappa shape index (κ1) is 13.5. The Morgan fingerprint density at radius 2 is 2.16 bits per heavy atom. The second-order valence-corrected chi connectivity index (χ2v) is 4.17. The molecule has 2 heterocycles. The SMILES string of the molecule is CCc1noc(COc2ccc(C)nc2CNC)n1. The van der Waals surface area contributed by atoms with Gasteiger partial charge in [-0.2, -0.15) is 4.98 Å². The fourth-order valence-electron chi connectivity index (χ4n) is 1.66. The highest BCUT2D eigenvalue weighted by Gasteiger charge is 2.09. The fourth-order valence-corrected chi connectivity index (χ4v) is 1.66. The first-order chi connectivity index (χ1) is 9.22. The highest BCUT2D eigenvalue weighted by Crippen LogP contribution is 2.18. The molecular weight excluding hydrogens is 244 g/mol. The number of ether oxygens (including phenoxy) is 1. The van der Waals surface area contributed by atoms with Crippen molar-refractivity contribution in [2.24, 2.45) is 0 Å². The van der Waals surface area contributed by atoms with Crippen molar-refractivity contribution < 1.29 is 9.26 Å². The molecule has 0 unspecified atom stereocenters. The normalized spacial score (nSPS) is 10.7. The highest BCUT2D eigenvalue weighted by atomic mass is 16.5. The lowest BCUT2D eigenvalue weighted by Crippen LogP contribution is -2.10. The van der Waals surface area contributed by atoms with E-state index in [9.17, 15) is 0 Å². The van der Waals surface area contributed by atoms with Gasteiger partial charge in [-0.05, 0) is 26.1 Å². The third-order valence-corrected chi connectivity index (χ3v) is 2.59. The van der Waals surface area contributed by atoms with Crippen LogP contribution in [0, 0.1) is 6.92 Å². The molecule has 0 aliphatic carbocycles. The van der Waals surface area contributed by atoms with Gasteiger partial charge in [0, 0.05) is 18.7 Å². The lowest BCUT2D eigenvalue weighted by molar-refractivity contribution is 0.239. The van der Waals surface area contributed by atoms with Crippen LogP contribution in [0.2, 0.25) is 0 Å². The molecule has 0 bridgehead atoms. The quantitative estimate of drug-likeness (QED) is 0.853. The molecule has 0 aliphatic rings. The van der Waals surface area contributed by atoms with Crippen molar-refractivity contribution in [2.75, 3.05) is 7.05 Å². The Labute approximate surface area is 112 Å². The number of hydrogen-bond donors (Lipinski definition) is 1. The zero-order chi connectivity index (χ0) is 13.7. The monoisotopic (exact) mass is 262 g/mol. The van der Waals surface area contributed by atoms with Crippen LogP contribution in [0.25, 0.3) is 0 Å². The zero-order valence-electron chi connectivity index (χ0n) is 11.4. The minimum absolute atomic E-state index is 0.258. The summed E-state index contributed by atoms with van der Waals surface area (Å²) in [5.41, 5.74) is 1.83. The number of rotatable bonds is 6. The Balaban J connectivity index is 2.05. The van der Waals surface area contributed by atoms with Crippen LogP contribution in [0.3, 0.4) is 0 Å². The molecular formula is C13H18N4O2. The van der Waals surface area contributed by atoms with Gasteiger partial charge in [-0.15, -0.1) is 0 Å². The van der Waals surface area contributed by atoms with Crippen LogP contribution in [0.15, 0.2) is 16.7 Å². The lowest BCUT2D eigenvalue weighted by atomic mass is 10.3. The molecule has 2 rings (SSSR count). The summed E-state index contributed by atoms with van der Waals surface area (Å²) in [5, 5.41) is 6.89. The van der Waals surface area contributed by atoms with Gasteiger partial charge < -0.3 is 14.6 Å². The Kier molecular flexibility index (Phi) is 4.46. The van der Waals surface area contributed by atoms with E-state index in [1.807, 2.05) is 33.0 Å². The van der Waals surface area contributed by atoms with Gasteiger partial charge in [0.2, 0.25) is 0 Å². The third kappa shape index (κ3) is 3.51. The number of hydrogen-bond acceptors (Lipinski definition) is 6. The molecule has 0 saturated carbocycles. The predicted molar refractivity (Wildman–Crippen MR) is 69.7 cm³/mol. The molecule has 6 nitrogen and oxygen atoms in total. The summed E-state index contributed by atoms with van der Waals surface area (Å²) in [6.45, 7) is 4.84. The summed E-state index contributed by atoms with van der Waals surface area (Å²) in [6.07, 6.45) is 0.751. The van der Waals surface area contributed by atoms with Crippen LogP contribution in [0.4, 0.5) is 0 Å². The Hall–Kier alpha value is -1.95. The summed E-state index contributed by atoms with van der Waals surface area (Å²) in [7, 11) is 1.87. The van der Waals surface area contributed by atoms with E-state index in [-0.39, 0.29) is 6.61 Å². The maximum atomic E-state index is 5.69. The molecule has 0 aromatic carbocycles. The summed E-state index contributed by atoms with van der Waals surface area (Å²) in [5.74, 6) is 1.90. The molecule has 19 heavy (non-hydrogen) atoms. The van der Waals surface area contributed by atoms with Gasteiger partial charge in [-0.3, -0.25) is 4.98 Å². The van der Waals surface area contributed by atoms with Crippen LogP contribution < -0.4 is 10.1 Å². The highest BCUT2D eigenvalue weighted by molar-refractivity contribution is 5.29. The zero-order valence-corrected chi connectivity index (χ0v) is 11.4. The van der Waals surface area contributed by atoms with Crippen LogP contribution >= 0.6 is 0 Å². The van der Waals surface area contributed by atoms with Crippen LogP contribution in [-0.4, -0.2) is 22.2 Å². The van der Waals surface area contributed by atoms with E-state index in [2.05, 4.69) is 20.4 Å². The Bertz CT molecular complexity index is 539. The summed E-state index contributed by atoms with van der Waals surface area (Å²) in [6, 6.07) is 3.83. The smallest absolute Gasteiger partial charge is 0.264 e. The average molecular weight is 262 g/mol. The Morgan fingerprint density at radius 3 is 2.84 bits per heavy atom. The Morgan fingerprint density at radius 1 is 1.32 bits per heavy atom. The van der Waals surface area contributed by atoms with Gasteiger partial charge in [0.05, 0.1) is 5.69 Å². The van der Waals surface area contributed by atoms with Gasteiger partial charge in [0.15, 0.2) is 12.4 Å². The van der Waals surface area contributed by atoms with Crippen molar-refractivity contribution in [3.63, 3.8) is 0 Å². The molecule has 0 radical (unpaired) electrons. The van der Waals surface area contributed by atoms with Crippen molar-refractivity contribution >= 4 is 0 Å². The largest absolute Gasteiger partial charge is 0.482 e. The van der Waals surface area contributed by atoms with Gasteiger partial charge in [-0.1, -0.05) is 12.1 Å². The third-order valence-electron chi connectivity index (χ3n) is 2.59. The van der Waals surface area contributed by atoms with Gasteiger partial charge in [-0.25, -0.2) is 0 Å². The van der Waals surface area contributed by atoms with Crippen molar-refractivity contribution in [2.45, 2.75) is 33.4 Å². The maximum Gasteiger partial charge on any atom is 0.264 e. The number of aryl methyl sites for hydroxylation is 2. The first-order valence-electron chi connectivity index (χ1n) is 6.28. The van der Waals surface area contributed by atoms with Crippen molar-refractivity contribution in [1.82, 2.24) is 20.4 Å². The van der Waals surface area contributed by atoms with Crippen LogP contribution in [-0.2, 0) is 19.6 Å². The van der Waals surface area contributed by atoms with E-state index in [1.54, 1.807) is 0 Å². The summed E-state index contributed by atoms with van der Waals surface area (Å²) < 4.78 is 10.8. The van der Waals surface area contributed by atoms with Gasteiger partial charge >= 0.3 is 0 Å². The molecule has 2 aromatic rings. The molecule has 0 aliphatic heterocycles. The second-order valence-electron chi connectivity index (χ2n) is 4.17. The van der Waals surface area contributed by atoms with E-state index in [0.29, 0.717) is 18.3 Å². The number of aromatic nitrogens is 3. The minimum Gasteiger partial charge on any atom is -0.482 e. The van der Waals surface area contributed by atoms with E-state index in [1.165, 1.54) is 0 Å². The molecule has 1 N–H and O–H groups in total. The molecule has 6 heteroatoms. The van der Waals surface area contributed by atoms with Crippen molar-refractivity contribution in [3.05, 3.63) is 35.2 Å². The fraction of sp³-hybridized carbons (Fsp3) is 0.462. The molecule has 2 aromatic heterocycles. The van der Waals surface area contributed by atoms with Crippen LogP contribution in [0.5, 0.6) is 5.75 Å². The number of nitrogens with one attached hydrogen (secondary N) is 1. The molecule has 0 spiro atoms. The maximum absolute atomic E-state index is 5.69. The number of pyridine rings is 1. The van der Waals surface area contributed by atoms with Crippen molar-refractivity contribution in [3.8, 4) is 5.75 Å². The molecule has 0 amide bonds. The topological polar surface area (TPSA) is 73.1 Å². The molecule has 0 fully saturated rings. The molecule has 0 saturated heterocycles. The molecule has 0 atom stereocenters. The van der Waals surface area contributed by atoms with Crippen molar-refractivity contribution in [1.29, 1.82) is 0 Å². The summed E-state index contributed by atoms with van der Waals surface area (Å²) in [4.78, 5) is 8.64. The summed E-state index contributed by atoms with van der Waals surface area (Å²) >= 11 is 0.